The largest absolute Gasteiger partial charge is 0.294 e. The van der Waals surface area contributed by atoms with Gasteiger partial charge in [0.1, 0.15) is 5.82 Å². The number of hydrogen-bond acceptors (Lipinski definition) is 1. The minimum Gasteiger partial charge on any atom is -0.294 e. The summed E-state index contributed by atoms with van der Waals surface area (Å²) < 4.78 is 13.6. The molecule has 0 fully saturated rings. The van der Waals surface area contributed by atoms with Gasteiger partial charge in [0.15, 0.2) is 5.78 Å². The van der Waals surface area contributed by atoms with Gasteiger partial charge in [0, 0.05) is 9.13 Å². The summed E-state index contributed by atoms with van der Waals surface area (Å²) in [5, 5.41) is -0.0945. The van der Waals surface area contributed by atoms with Crippen molar-refractivity contribution in [3.05, 3.63) is 32.1 Å². The minimum absolute atomic E-state index is 0.0945. The van der Waals surface area contributed by atoms with Crippen molar-refractivity contribution in [1.29, 1.82) is 0 Å². The highest BCUT2D eigenvalue weighted by molar-refractivity contribution is 14.1. The minimum atomic E-state index is -0.547. The van der Waals surface area contributed by atoms with Gasteiger partial charge < -0.3 is 0 Å². The number of Topliss-reactive ketones (excluding diaryl/α,β-unsaturated/α-hetero) is 1. The first-order chi connectivity index (χ1) is 5.52. The second kappa shape index (κ2) is 3.70. The zero-order valence-electron chi connectivity index (χ0n) is 6.20. The molecule has 0 heterocycles. The molecule has 0 spiro atoms. The number of rotatable bonds is 1. The number of carbonyl (C=O) groups is 1. The molecule has 0 aliphatic carbocycles. The summed E-state index contributed by atoms with van der Waals surface area (Å²) in [4.78, 5) is 10.9. The molecule has 0 saturated carbocycles. The fraction of sp³-hybridized carbons (Fsp3) is 0.125. The molecule has 64 valence electrons. The topological polar surface area (TPSA) is 17.1 Å². The molecule has 0 radical (unpaired) electrons. The van der Waals surface area contributed by atoms with Crippen molar-refractivity contribution in [3.8, 4) is 0 Å². The molecule has 0 N–H and O–H groups in total. The fourth-order valence-corrected chi connectivity index (χ4v) is 1.64. The van der Waals surface area contributed by atoms with Crippen LogP contribution in [0.4, 0.5) is 4.39 Å². The molecule has 0 aliphatic heterocycles. The van der Waals surface area contributed by atoms with E-state index in [4.69, 9.17) is 11.6 Å². The fourth-order valence-electron chi connectivity index (χ4n) is 0.812. The monoisotopic (exact) mass is 298 g/mol. The van der Waals surface area contributed by atoms with E-state index in [-0.39, 0.29) is 16.4 Å². The number of halogens is 3. The van der Waals surface area contributed by atoms with Crippen LogP contribution in [0.2, 0.25) is 5.02 Å². The van der Waals surface area contributed by atoms with Crippen molar-refractivity contribution in [3.63, 3.8) is 0 Å². The number of ketones is 1. The van der Waals surface area contributed by atoms with E-state index in [1.807, 2.05) is 22.6 Å². The van der Waals surface area contributed by atoms with Crippen molar-refractivity contribution >= 4 is 40.0 Å². The van der Waals surface area contributed by atoms with Crippen LogP contribution in [-0.4, -0.2) is 5.78 Å². The number of benzene rings is 1. The second-order valence-electron chi connectivity index (χ2n) is 2.31. The van der Waals surface area contributed by atoms with Gasteiger partial charge in [-0.2, -0.15) is 0 Å². The average molecular weight is 298 g/mol. The Morgan fingerprint density at radius 2 is 2.17 bits per heavy atom. The predicted octanol–water partition coefficient (Wildman–Crippen LogP) is 3.29. The molecule has 0 unspecified atom stereocenters. The summed E-state index contributed by atoms with van der Waals surface area (Å²) in [6, 6.07) is 2.85. The zero-order chi connectivity index (χ0) is 9.30. The third-order valence-corrected chi connectivity index (χ3v) is 2.38. The average Bonchev–Trinajstić information content (AvgIpc) is 1.96. The van der Waals surface area contributed by atoms with Crippen molar-refractivity contribution in [1.82, 2.24) is 0 Å². The number of carbonyl (C=O) groups excluding carboxylic acids is 1. The highest BCUT2D eigenvalue weighted by Gasteiger charge is 2.10. The standard InChI is InChI=1S/C8H5ClFIO/c1-4(12)6-2-5(11)3-7(10)8(6)9/h2-3H,1H3. The lowest BCUT2D eigenvalue weighted by Gasteiger charge is -2.01. The SMILES string of the molecule is CC(=O)c1cc(I)cc(F)c1Cl. The molecule has 0 atom stereocenters. The van der Waals surface area contributed by atoms with Crippen LogP contribution >= 0.6 is 34.2 Å². The first kappa shape index (κ1) is 9.92. The van der Waals surface area contributed by atoms with E-state index in [1.54, 1.807) is 6.07 Å². The molecular formula is C8H5ClFIO. The first-order valence-corrected chi connectivity index (χ1v) is 4.63. The smallest absolute Gasteiger partial charge is 0.161 e. The van der Waals surface area contributed by atoms with Gasteiger partial charge in [0.25, 0.3) is 0 Å². The van der Waals surface area contributed by atoms with Crippen molar-refractivity contribution in [2.24, 2.45) is 0 Å². The highest BCUT2D eigenvalue weighted by atomic mass is 127. The van der Waals surface area contributed by atoms with Crippen molar-refractivity contribution in [2.75, 3.05) is 0 Å². The summed E-state index contributed by atoms with van der Waals surface area (Å²) >= 11 is 7.49. The molecule has 0 saturated heterocycles. The van der Waals surface area contributed by atoms with E-state index in [9.17, 15) is 9.18 Å². The quantitative estimate of drug-likeness (QED) is 0.442. The summed E-state index contributed by atoms with van der Waals surface area (Å²) in [6.07, 6.45) is 0. The molecule has 0 aliphatic rings. The van der Waals surface area contributed by atoms with Crippen LogP contribution in [0.25, 0.3) is 0 Å². The molecule has 12 heavy (non-hydrogen) atoms. The van der Waals surface area contributed by atoms with Gasteiger partial charge in [-0.1, -0.05) is 11.6 Å². The lowest BCUT2D eigenvalue weighted by molar-refractivity contribution is 0.101. The van der Waals surface area contributed by atoms with Crippen molar-refractivity contribution < 1.29 is 9.18 Å². The normalized spacial score (nSPS) is 10.0. The highest BCUT2D eigenvalue weighted by Crippen LogP contribution is 2.23. The van der Waals surface area contributed by atoms with Crippen molar-refractivity contribution in [2.45, 2.75) is 6.92 Å². The van der Waals surface area contributed by atoms with Gasteiger partial charge >= 0.3 is 0 Å². The molecule has 1 nitrogen and oxygen atoms in total. The van der Waals surface area contributed by atoms with Crippen LogP contribution in [0, 0.1) is 9.39 Å². The van der Waals surface area contributed by atoms with E-state index in [1.165, 1.54) is 13.0 Å². The Balaban J connectivity index is 3.37. The van der Waals surface area contributed by atoms with E-state index in [2.05, 4.69) is 0 Å². The molecule has 0 amide bonds. The molecule has 4 heteroatoms. The summed E-state index contributed by atoms with van der Waals surface area (Å²) in [5.74, 6) is -0.772. The lowest BCUT2D eigenvalue weighted by Crippen LogP contribution is -1.96. The van der Waals surface area contributed by atoms with Gasteiger partial charge in [-0.3, -0.25) is 4.79 Å². The Morgan fingerprint density at radius 1 is 1.58 bits per heavy atom. The van der Waals surface area contributed by atoms with Crippen LogP contribution in [0.5, 0.6) is 0 Å². The van der Waals surface area contributed by atoms with Gasteiger partial charge in [0.05, 0.1) is 5.02 Å². The molecular weight excluding hydrogens is 293 g/mol. The Kier molecular flexibility index (Phi) is 3.06. The van der Waals surface area contributed by atoms with E-state index in [0.717, 1.165) is 0 Å². The Morgan fingerprint density at radius 3 is 2.67 bits per heavy atom. The van der Waals surface area contributed by atoms with Crippen LogP contribution in [0.3, 0.4) is 0 Å². The predicted molar refractivity (Wildman–Crippen MR) is 54.1 cm³/mol. The third-order valence-electron chi connectivity index (χ3n) is 1.37. The maximum Gasteiger partial charge on any atom is 0.161 e. The Bertz CT molecular complexity index is 338. The third kappa shape index (κ3) is 1.95. The molecule has 0 bridgehead atoms. The van der Waals surface area contributed by atoms with Crippen LogP contribution in [-0.2, 0) is 0 Å². The summed E-state index contributed by atoms with van der Waals surface area (Å²) in [7, 11) is 0. The van der Waals surface area contributed by atoms with E-state index < -0.39 is 5.82 Å². The van der Waals surface area contributed by atoms with Gasteiger partial charge in [-0.05, 0) is 41.6 Å². The Hall–Kier alpha value is -0.160. The van der Waals surface area contributed by atoms with Crippen LogP contribution < -0.4 is 0 Å². The van der Waals surface area contributed by atoms with Gasteiger partial charge in [-0.15, -0.1) is 0 Å². The maximum absolute atomic E-state index is 12.9. The van der Waals surface area contributed by atoms with Gasteiger partial charge in [-0.25, -0.2) is 4.39 Å². The van der Waals surface area contributed by atoms with Crippen LogP contribution in [0.15, 0.2) is 12.1 Å². The molecule has 1 aromatic carbocycles. The van der Waals surface area contributed by atoms with E-state index in [0.29, 0.717) is 3.57 Å². The zero-order valence-corrected chi connectivity index (χ0v) is 9.11. The maximum atomic E-state index is 12.9. The Labute approximate surface area is 88.1 Å². The van der Waals surface area contributed by atoms with Gasteiger partial charge in [0.2, 0.25) is 0 Å². The first-order valence-electron chi connectivity index (χ1n) is 3.18. The molecule has 0 aromatic heterocycles. The lowest BCUT2D eigenvalue weighted by atomic mass is 10.1. The van der Waals surface area contributed by atoms with Crippen LogP contribution in [0.1, 0.15) is 17.3 Å². The molecule has 1 rings (SSSR count). The summed E-state index contributed by atoms with van der Waals surface area (Å²) in [6.45, 7) is 1.36. The van der Waals surface area contributed by atoms with E-state index >= 15 is 0 Å². The summed E-state index contributed by atoms with van der Waals surface area (Å²) in [5.41, 5.74) is 0.237. The molecule has 1 aromatic rings. The number of hydrogen-bond donors (Lipinski definition) is 0. The second-order valence-corrected chi connectivity index (χ2v) is 3.93.